The number of hydrogen-bond acceptors (Lipinski definition) is 1. The van der Waals surface area contributed by atoms with E-state index in [0.29, 0.717) is 13.2 Å². The summed E-state index contributed by atoms with van der Waals surface area (Å²) in [6.45, 7) is 3.44. The summed E-state index contributed by atoms with van der Waals surface area (Å²) in [4.78, 5) is 0. The van der Waals surface area contributed by atoms with Gasteiger partial charge in [0.25, 0.3) is 0 Å². The van der Waals surface area contributed by atoms with Crippen molar-refractivity contribution in [3.8, 4) is 0 Å². The average molecular weight is 293 g/mol. The van der Waals surface area contributed by atoms with Crippen molar-refractivity contribution >= 4 is 23.2 Å². The first-order valence-electron chi connectivity index (χ1n) is 6.25. The van der Waals surface area contributed by atoms with Crippen LogP contribution in [0.2, 0.25) is 5.02 Å². The number of hydrogen-bond donors (Lipinski definition) is 0. The smallest absolute Gasteiger partial charge is 0.0838 e. The fourth-order valence-corrected chi connectivity index (χ4v) is 2.96. The fraction of sp³-hybridized carbons (Fsp3) is 0.250. The molecule has 1 nitrogen and oxygen atoms in total. The van der Waals surface area contributed by atoms with E-state index in [-0.39, 0.29) is 5.38 Å². The number of alkyl halides is 1. The van der Waals surface area contributed by atoms with Gasteiger partial charge in [0.2, 0.25) is 0 Å². The molecule has 3 heteroatoms. The third-order valence-corrected chi connectivity index (χ3v) is 4.27. The van der Waals surface area contributed by atoms with Gasteiger partial charge in [-0.15, -0.1) is 11.6 Å². The highest BCUT2D eigenvalue weighted by molar-refractivity contribution is 6.31. The highest BCUT2D eigenvalue weighted by Gasteiger charge is 2.17. The summed E-state index contributed by atoms with van der Waals surface area (Å²) < 4.78 is 5.43. The quantitative estimate of drug-likeness (QED) is 0.707. The molecule has 0 N–H and O–H groups in total. The van der Waals surface area contributed by atoms with Gasteiger partial charge >= 0.3 is 0 Å². The van der Waals surface area contributed by atoms with Crippen molar-refractivity contribution in [1.29, 1.82) is 0 Å². The van der Waals surface area contributed by atoms with Gasteiger partial charge in [-0.05, 0) is 46.9 Å². The van der Waals surface area contributed by atoms with Crippen LogP contribution in [-0.4, -0.2) is 0 Å². The van der Waals surface area contributed by atoms with Crippen molar-refractivity contribution in [1.82, 2.24) is 0 Å². The van der Waals surface area contributed by atoms with Crippen LogP contribution < -0.4 is 0 Å². The van der Waals surface area contributed by atoms with Crippen molar-refractivity contribution in [2.24, 2.45) is 0 Å². The normalized spacial score (nSPS) is 15.3. The van der Waals surface area contributed by atoms with E-state index in [0.717, 1.165) is 21.7 Å². The molecule has 1 aliphatic rings. The van der Waals surface area contributed by atoms with E-state index in [2.05, 4.69) is 25.1 Å². The van der Waals surface area contributed by atoms with Crippen molar-refractivity contribution < 1.29 is 4.74 Å². The molecule has 0 amide bonds. The van der Waals surface area contributed by atoms with Crippen LogP contribution in [0.25, 0.3) is 0 Å². The average Bonchev–Trinajstić information content (AvgIpc) is 2.88. The lowest BCUT2D eigenvalue weighted by Gasteiger charge is -2.14. The number of aryl methyl sites for hydroxylation is 1. The van der Waals surface area contributed by atoms with E-state index in [9.17, 15) is 0 Å². The van der Waals surface area contributed by atoms with Crippen LogP contribution in [0.1, 0.15) is 33.2 Å². The Balaban J connectivity index is 1.99. The second-order valence-electron chi connectivity index (χ2n) is 4.88. The molecule has 2 aromatic rings. The van der Waals surface area contributed by atoms with Gasteiger partial charge in [-0.2, -0.15) is 0 Å². The predicted octanol–water partition coefficient (Wildman–Crippen LogP) is 5.01. The Hall–Kier alpha value is -1.02. The summed E-state index contributed by atoms with van der Waals surface area (Å²) in [7, 11) is 0. The van der Waals surface area contributed by atoms with Gasteiger partial charge in [0.15, 0.2) is 0 Å². The molecule has 0 aromatic heterocycles. The van der Waals surface area contributed by atoms with Crippen LogP contribution in [0.3, 0.4) is 0 Å². The maximum Gasteiger partial charge on any atom is 0.0838 e. The number of rotatable bonds is 2. The van der Waals surface area contributed by atoms with Crippen LogP contribution in [0, 0.1) is 6.92 Å². The van der Waals surface area contributed by atoms with E-state index in [1.165, 1.54) is 11.1 Å². The van der Waals surface area contributed by atoms with E-state index >= 15 is 0 Å². The van der Waals surface area contributed by atoms with Gasteiger partial charge in [0, 0.05) is 5.02 Å². The molecule has 3 rings (SSSR count). The molecule has 1 unspecified atom stereocenters. The van der Waals surface area contributed by atoms with Gasteiger partial charge in [0.1, 0.15) is 0 Å². The first-order chi connectivity index (χ1) is 9.15. The molecule has 1 atom stereocenters. The zero-order valence-electron chi connectivity index (χ0n) is 10.6. The lowest BCUT2D eigenvalue weighted by molar-refractivity contribution is 0.134. The molecule has 0 bridgehead atoms. The van der Waals surface area contributed by atoms with Crippen molar-refractivity contribution in [2.45, 2.75) is 25.5 Å². The summed E-state index contributed by atoms with van der Waals surface area (Å²) >= 11 is 12.7. The Morgan fingerprint density at radius 2 is 1.84 bits per heavy atom. The van der Waals surface area contributed by atoms with Crippen molar-refractivity contribution in [3.63, 3.8) is 0 Å². The van der Waals surface area contributed by atoms with E-state index in [1.54, 1.807) is 0 Å². The van der Waals surface area contributed by atoms with Crippen LogP contribution in [-0.2, 0) is 18.0 Å². The SMILES string of the molecule is Cc1ccc(Cl)cc1C(Cl)c1ccc2c(c1)COC2. The van der Waals surface area contributed by atoms with Crippen LogP contribution in [0.5, 0.6) is 0 Å². The van der Waals surface area contributed by atoms with Gasteiger partial charge < -0.3 is 4.74 Å². The highest BCUT2D eigenvalue weighted by Crippen LogP contribution is 2.34. The summed E-state index contributed by atoms with van der Waals surface area (Å²) in [6, 6.07) is 12.2. The molecule has 19 heavy (non-hydrogen) atoms. The van der Waals surface area contributed by atoms with Gasteiger partial charge in [-0.3, -0.25) is 0 Å². The lowest BCUT2D eigenvalue weighted by Crippen LogP contribution is -1.98. The number of benzene rings is 2. The molecular formula is C16H14Cl2O. The molecule has 0 radical (unpaired) electrons. The topological polar surface area (TPSA) is 9.23 Å². The number of halogens is 2. The fourth-order valence-electron chi connectivity index (χ4n) is 2.41. The first kappa shape index (κ1) is 13.0. The Morgan fingerprint density at radius 3 is 2.68 bits per heavy atom. The third-order valence-electron chi connectivity index (χ3n) is 3.55. The molecule has 0 spiro atoms. The molecule has 1 aliphatic heterocycles. The van der Waals surface area contributed by atoms with E-state index in [1.807, 2.05) is 18.2 Å². The number of ether oxygens (including phenoxy) is 1. The Kier molecular flexibility index (Phi) is 3.53. The minimum absolute atomic E-state index is 0.176. The Bertz CT molecular complexity index is 622. The van der Waals surface area contributed by atoms with Crippen molar-refractivity contribution in [3.05, 3.63) is 69.2 Å². The molecule has 0 aliphatic carbocycles. The highest BCUT2D eigenvalue weighted by atomic mass is 35.5. The van der Waals surface area contributed by atoms with E-state index < -0.39 is 0 Å². The van der Waals surface area contributed by atoms with Gasteiger partial charge in [0.05, 0.1) is 18.6 Å². The molecule has 1 heterocycles. The first-order valence-corrected chi connectivity index (χ1v) is 7.06. The van der Waals surface area contributed by atoms with Gasteiger partial charge in [-0.1, -0.05) is 35.9 Å². The monoisotopic (exact) mass is 292 g/mol. The Morgan fingerprint density at radius 1 is 1.05 bits per heavy atom. The molecule has 2 aromatic carbocycles. The Labute approximate surface area is 123 Å². The minimum atomic E-state index is -0.176. The second kappa shape index (κ2) is 5.16. The standard InChI is InChI=1S/C16H14Cl2O/c1-10-2-5-14(17)7-15(10)16(18)11-3-4-12-8-19-9-13(12)6-11/h2-7,16H,8-9H2,1H3. The zero-order chi connectivity index (χ0) is 13.4. The predicted molar refractivity (Wildman–Crippen MR) is 78.8 cm³/mol. The van der Waals surface area contributed by atoms with Crippen molar-refractivity contribution in [2.75, 3.05) is 0 Å². The summed E-state index contributed by atoms with van der Waals surface area (Å²) in [6.07, 6.45) is 0. The summed E-state index contributed by atoms with van der Waals surface area (Å²) in [5.74, 6) is 0. The second-order valence-corrected chi connectivity index (χ2v) is 5.76. The molecular weight excluding hydrogens is 279 g/mol. The molecule has 98 valence electrons. The van der Waals surface area contributed by atoms with Gasteiger partial charge in [-0.25, -0.2) is 0 Å². The summed E-state index contributed by atoms with van der Waals surface area (Å²) in [5, 5.41) is 0.542. The van der Waals surface area contributed by atoms with E-state index in [4.69, 9.17) is 27.9 Å². The maximum atomic E-state index is 6.61. The summed E-state index contributed by atoms with van der Waals surface area (Å²) in [5.41, 5.74) is 5.81. The zero-order valence-corrected chi connectivity index (χ0v) is 12.1. The minimum Gasteiger partial charge on any atom is -0.372 e. The van der Waals surface area contributed by atoms with Crippen LogP contribution >= 0.6 is 23.2 Å². The van der Waals surface area contributed by atoms with Crippen LogP contribution in [0.15, 0.2) is 36.4 Å². The largest absolute Gasteiger partial charge is 0.372 e. The number of fused-ring (bicyclic) bond motifs is 1. The van der Waals surface area contributed by atoms with Crippen LogP contribution in [0.4, 0.5) is 0 Å². The third kappa shape index (κ3) is 2.51. The maximum absolute atomic E-state index is 6.61. The molecule has 0 saturated carbocycles. The lowest BCUT2D eigenvalue weighted by atomic mass is 9.97. The molecule has 0 saturated heterocycles. The molecule has 0 fully saturated rings.